The summed E-state index contributed by atoms with van der Waals surface area (Å²) in [6, 6.07) is 20.6. The van der Waals surface area contributed by atoms with Gasteiger partial charge >= 0.3 is 0 Å². The first-order valence-electron chi connectivity index (χ1n) is 13.8. The number of aryl methyl sites for hydroxylation is 1. The molecule has 0 aliphatic heterocycles. The molecule has 0 radical (unpaired) electrons. The van der Waals surface area contributed by atoms with Crippen LogP contribution in [-0.4, -0.2) is 13.2 Å². The molecule has 0 bridgehead atoms. The van der Waals surface area contributed by atoms with E-state index in [-0.39, 0.29) is 0 Å². The van der Waals surface area contributed by atoms with E-state index >= 15 is 0 Å². The molecule has 0 saturated heterocycles. The maximum absolute atomic E-state index is 6.68. The Morgan fingerprint density at radius 3 is 2.21 bits per heavy atom. The van der Waals surface area contributed by atoms with E-state index in [1.807, 2.05) is 54.2 Å². The zero-order chi connectivity index (χ0) is 28.3. The van der Waals surface area contributed by atoms with Crippen molar-refractivity contribution in [3.8, 4) is 0 Å². The van der Waals surface area contributed by atoms with E-state index in [4.69, 9.17) is 30.5 Å². The molecule has 0 aliphatic carbocycles. The first-order chi connectivity index (χ1) is 20.4. The van der Waals surface area contributed by atoms with Crippen LogP contribution in [0.5, 0.6) is 0 Å². The summed E-state index contributed by atoms with van der Waals surface area (Å²) >= 11 is 0. The van der Waals surface area contributed by atoms with E-state index in [2.05, 4.69) is 45.2 Å². The smallest absolute Gasteiger partial charge is 0.213 e. The molecule has 0 saturated carbocycles. The zero-order valence-electron chi connectivity index (χ0n) is 22.7. The number of hydrogen-bond donors (Lipinski definition) is 3. The van der Waals surface area contributed by atoms with Crippen LogP contribution in [0.4, 0.5) is 17.3 Å². The lowest BCUT2D eigenvalue weighted by atomic mass is 10.1. The first-order valence-corrected chi connectivity index (χ1v) is 13.8. The molecule has 9 heteroatoms. The van der Waals surface area contributed by atoms with Gasteiger partial charge in [0.25, 0.3) is 0 Å². The number of fused-ring (bicyclic) bond motifs is 9. The second-order valence-electron chi connectivity index (χ2n) is 11.0. The Balaban J connectivity index is 1.06. The average Bonchev–Trinajstić information content (AvgIpc) is 3.79. The van der Waals surface area contributed by atoms with Crippen molar-refractivity contribution in [1.82, 2.24) is 13.2 Å². The Morgan fingerprint density at radius 1 is 0.643 bits per heavy atom. The van der Waals surface area contributed by atoms with Gasteiger partial charge in [-0.25, -0.2) is 0 Å². The quantitative estimate of drug-likeness (QED) is 0.216. The fraction of sp³-hybridized carbons (Fsp3) is 0.0909. The molecule has 6 N–H and O–H groups in total. The first kappa shape index (κ1) is 23.0. The lowest BCUT2D eigenvalue weighted by Gasteiger charge is -2.05. The van der Waals surface area contributed by atoms with Crippen molar-refractivity contribution in [2.75, 3.05) is 17.2 Å². The number of nitrogen functional groups attached to an aromatic ring is 3. The van der Waals surface area contributed by atoms with Gasteiger partial charge in [0.2, 0.25) is 5.71 Å². The molecule has 9 rings (SSSR count). The highest BCUT2D eigenvalue weighted by Gasteiger charge is 2.20. The molecule has 9 nitrogen and oxygen atoms in total. The van der Waals surface area contributed by atoms with E-state index in [1.54, 1.807) is 0 Å². The SMILES string of the molecule is Cc1oc2c(cc3cc(Cc4oc5cc6cc(Cc7c(N)oc8cc9ccccn9c78)ccn6c5c4N)ccn32)c1N. The largest absolute Gasteiger partial charge is 0.457 e. The van der Waals surface area contributed by atoms with Crippen molar-refractivity contribution in [3.05, 3.63) is 107 Å². The van der Waals surface area contributed by atoms with Crippen LogP contribution in [0.1, 0.15) is 28.2 Å². The Hall–Kier alpha value is -5.70. The van der Waals surface area contributed by atoms with E-state index in [9.17, 15) is 0 Å². The van der Waals surface area contributed by atoms with Crippen LogP contribution < -0.4 is 17.2 Å². The van der Waals surface area contributed by atoms with Gasteiger partial charge in [0.1, 0.15) is 17.0 Å². The second kappa shape index (κ2) is 7.94. The average molecular weight is 555 g/mol. The Labute approximate surface area is 237 Å². The molecule has 9 aromatic rings. The van der Waals surface area contributed by atoms with Crippen molar-refractivity contribution in [2.45, 2.75) is 19.8 Å². The predicted octanol–water partition coefficient (Wildman–Crippen LogP) is 6.92. The van der Waals surface area contributed by atoms with Crippen molar-refractivity contribution in [2.24, 2.45) is 0 Å². The van der Waals surface area contributed by atoms with E-state index in [0.717, 1.165) is 78.1 Å². The molecule has 0 atom stereocenters. The minimum absolute atomic E-state index is 0.446. The summed E-state index contributed by atoms with van der Waals surface area (Å²) in [6.45, 7) is 1.88. The van der Waals surface area contributed by atoms with E-state index in [0.29, 0.717) is 30.1 Å². The van der Waals surface area contributed by atoms with Crippen LogP contribution >= 0.6 is 0 Å². The van der Waals surface area contributed by atoms with Crippen molar-refractivity contribution in [1.29, 1.82) is 0 Å². The lowest BCUT2D eigenvalue weighted by Crippen LogP contribution is -1.97. The van der Waals surface area contributed by atoms with Crippen LogP contribution in [0.2, 0.25) is 0 Å². The molecule has 0 amide bonds. The van der Waals surface area contributed by atoms with Crippen LogP contribution in [0.25, 0.3) is 49.8 Å². The standard InChI is InChI=1S/C33H26N6O3/c1-17-28(34)23-14-21-11-19(6-9-39(21)33(23)40-17)13-25-29(35)31-27(41-25)16-22-10-18(5-8-38(22)31)12-24-30-26(42-32(24)36)15-20-4-2-3-7-37(20)30/h2-11,14-16H,12-13,34-36H2,1H3. The Kier molecular flexibility index (Phi) is 4.36. The van der Waals surface area contributed by atoms with Gasteiger partial charge in [0.15, 0.2) is 17.1 Å². The van der Waals surface area contributed by atoms with Gasteiger partial charge in [-0.2, -0.15) is 0 Å². The third-order valence-electron chi connectivity index (χ3n) is 8.49. The van der Waals surface area contributed by atoms with Gasteiger partial charge in [0, 0.05) is 65.7 Å². The molecule has 206 valence electrons. The summed E-state index contributed by atoms with van der Waals surface area (Å²) in [5.74, 6) is 1.92. The third-order valence-corrected chi connectivity index (χ3v) is 8.49. The lowest BCUT2D eigenvalue weighted by molar-refractivity contribution is 0.564. The number of pyridine rings is 3. The number of anilines is 3. The molecule has 0 unspecified atom stereocenters. The van der Waals surface area contributed by atoms with Crippen LogP contribution in [0, 0.1) is 6.92 Å². The second-order valence-corrected chi connectivity index (χ2v) is 11.0. The summed E-state index contributed by atoms with van der Waals surface area (Å²) < 4.78 is 24.3. The summed E-state index contributed by atoms with van der Waals surface area (Å²) in [7, 11) is 0. The minimum Gasteiger partial charge on any atom is -0.457 e. The van der Waals surface area contributed by atoms with Crippen LogP contribution in [-0.2, 0) is 12.8 Å². The normalized spacial score (nSPS) is 12.4. The summed E-state index contributed by atoms with van der Waals surface area (Å²) in [5.41, 5.74) is 31.0. The Morgan fingerprint density at radius 2 is 1.36 bits per heavy atom. The topological polar surface area (TPSA) is 131 Å². The number of hydrogen-bond acceptors (Lipinski definition) is 6. The van der Waals surface area contributed by atoms with Gasteiger partial charge < -0.3 is 39.3 Å². The number of aromatic nitrogens is 3. The minimum atomic E-state index is 0.446. The number of nitrogens with two attached hydrogens (primary N) is 3. The van der Waals surface area contributed by atoms with Crippen molar-refractivity contribution >= 4 is 67.1 Å². The van der Waals surface area contributed by atoms with Gasteiger partial charge in [-0.05, 0) is 60.5 Å². The molecular formula is C33H26N6O3. The summed E-state index contributed by atoms with van der Waals surface area (Å²) in [4.78, 5) is 0. The van der Waals surface area contributed by atoms with Crippen LogP contribution in [0.3, 0.4) is 0 Å². The fourth-order valence-corrected chi connectivity index (χ4v) is 6.43. The van der Waals surface area contributed by atoms with Crippen molar-refractivity contribution < 1.29 is 13.3 Å². The molecule has 42 heavy (non-hydrogen) atoms. The molecule has 9 aromatic heterocycles. The van der Waals surface area contributed by atoms with Crippen LogP contribution in [0.15, 0.2) is 92.5 Å². The number of rotatable bonds is 4. The molecular weight excluding hydrogens is 528 g/mol. The van der Waals surface area contributed by atoms with Gasteiger partial charge in [0.05, 0.1) is 22.3 Å². The highest BCUT2D eigenvalue weighted by Crippen LogP contribution is 2.36. The van der Waals surface area contributed by atoms with Gasteiger partial charge in [-0.3, -0.25) is 4.40 Å². The molecule has 0 spiro atoms. The highest BCUT2D eigenvalue weighted by atomic mass is 16.4. The van der Waals surface area contributed by atoms with E-state index < -0.39 is 0 Å². The van der Waals surface area contributed by atoms with Gasteiger partial charge in [-0.15, -0.1) is 0 Å². The predicted molar refractivity (Wildman–Crippen MR) is 165 cm³/mol. The zero-order valence-corrected chi connectivity index (χ0v) is 22.7. The maximum atomic E-state index is 6.68. The molecule has 0 aromatic carbocycles. The number of furan rings is 3. The molecule has 0 aliphatic rings. The monoisotopic (exact) mass is 554 g/mol. The molecule has 0 fully saturated rings. The number of nitrogens with zero attached hydrogens (tertiary/aromatic N) is 3. The summed E-state index contributed by atoms with van der Waals surface area (Å²) in [6.07, 6.45) is 7.28. The third kappa shape index (κ3) is 3.07. The molecule has 9 heterocycles. The van der Waals surface area contributed by atoms with E-state index in [1.165, 1.54) is 0 Å². The Bertz CT molecular complexity index is 2530. The van der Waals surface area contributed by atoms with Gasteiger partial charge in [-0.1, -0.05) is 6.07 Å². The maximum Gasteiger partial charge on any atom is 0.213 e. The summed E-state index contributed by atoms with van der Waals surface area (Å²) in [5, 5.41) is 0.921. The fourth-order valence-electron chi connectivity index (χ4n) is 6.43. The van der Waals surface area contributed by atoms with Crippen molar-refractivity contribution in [3.63, 3.8) is 0 Å². The highest BCUT2D eigenvalue weighted by molar-refractivity contribution is 5.95.